The molecule has 1 unspecified atom stereocenters. The van der Waals surface area contributed by atoms with Crippen LogP contribution in [-0.4, -0.2) is 60.1 Å². The van der Waals surface area contributed by atoms with Crippen LogP contribution in [-0.2, 0) is 29.2 Å². The molecule has 0 aliphatic carbocycles. The number of halogens is 7. The maximum atomic E-state index is 13.8. The molecule has 0 bridgehead atoms. The van der Waals surface area contributed by atoms with Crippen molar-refractivity contribution < 1.29 is 62.8 Å². The van der Waals surface area contributed by atoms with Gasteiger partial charge in [0.2, 0.25) is 0 Å². The highest BCUT2D eigenvalue weighted by Crippen LogP contribution is 2.42. The van der Waals surface area contributed by atoms with E-state index in [2.05, 4.69) is 16.1 Å². The van der Waals surface area contributed by atoms with Crippen molar-refractivity contribution in [1.82, 2.24) is 5.32 Å². The van der Waals surface area contributed by atoms with Crippen molar-refractivity contribution in [2.75, 3.05) is 6.61 Å². The van der Waals surface area contributed by atoms with Crippen LogP contribution in [0.4, 0.5) is 30.7 Å². The number of amides is 1. The number of hydrogen-bond donors (Lipinski definition) is 1. The first kappa shape index (κ1) is 31.1. The Labute approximate surface area is 185 Å². The molecule has 0 fully saturated rings. The van der Waals surface area contributed by atoms with Crippen molar-refractivity contribution in [3.05, 3.63) is 12.2 Å². The van der Waals surface area contributed by atoms with Gasteiger partial charge in [-0.15, -0.1) is 0 Å². The number of hydrogen-bond acceptors (Lipinski definition) is 7. The van der Waals surface area contributed by atoms with E-state index < -0.39 is 82.1 Å². The summed E-state index contributed by atoms with van der Waals surface area (Å²) < 4.78 is 134. The van der Waals surface area contributed by atoms with E-state index in [9.17, 15) is 53.3 Å². The molecule has 8 nitrogen and oxygen atoms in total. The Morgan fingerprint density at radius 2 is 1.48 bits per heavy atom. The van der Waals surface area contributed by atoms with Crippen LogP contribution < -0.4 is 5.32 Å². The normalized spacial score (nSPS) is 15.5. The third-order valence-corrected chi connectivity index (χ3v) is 4.60. The van der Waals surface area contributed by atoms with Crippen molar-refractivity contribution in [1.29, 1.82) is 0 Å². The molecule has 0 aliphatic heterocycles. The lowest BCUT2D eigenvalue weighted by atomic mass is 10.1. The summed E-state index contributed by atoms with van der Waals surface area (Å²) in [5.74, 6) is -13.2. The average Bonchev–Trinajstić information content (AvgIpc) is 2.56. The van der Waals surface area contributed by atoms with E-state index in [0.29, 0.717) is 0 Å². The van der Waals surface area contributed by atoms with Gasteiger partial charge in [0.25, 0.3) is 0 Å². The van der Waals surface area contributed by atoms with Crippen LogP contribution in [0.25, 0.3) is 0 Å². The maximum absolute atomic E-state index is 13.8. The highest BCUT2D eigenvalue weighted by Gasteiger charge is 2.67. The molecule has 0 aliphatic rings. The van der Waals surface area contributed by atoms with Crippen LogP contribution in [0.2, 0.25) is 0 Å². The first-order chi connectivity index (χ1) is 14.4. The summed E-state index contributed by atoms with van der Waals surface area (Å²) >= 11 is 0. The number of esters is 1. The fourth-order valence-electron chi connectivity index (χ4n) is 2.04. The van der Waals surface area contributed by atoms with Crippen molar-refractivity contribution in [3.8, 4) is 0 Å². The van der Waals surface area contributed by atoms with Crippen LogP contribution in [0.1, 0.15) is 47.0 Å². The summed E-state index contributed by atoms with van der Waals surface area (Å²) in [5.41, 5.74) is -1.82. The Hall–Kier alpha value is -1.94. The van der Waals surface area contributed by atoms with Gasteiger partial charge >= 0.3 is 35.0 Å². The van der Waals surface area contributed by atoms with E-state index in [-0.39, 0.29) is 0 Å². The van der Waals surface area contributed by atoms with Gasteiger partial charge in [0.05, 0.1) is 6.61 Å². The number of carbonyl (C=O) groups excluding carboxylic acids is 2. The third-order valence-electron chi connectivity index (χ3n) is 3.68. The largest absolute Gasteiger partial charge is 0.743 e. The topological polar surface area (TPSA) is 122 Å². The molecule has 0 aromatic rings. The van der Waals surface area contributed by atoms with Gasteiger partial charge in [-0.3, -0.25) is 4.79 Å². The summed E-state index contributed by atoms with van der Waals surface area (Å²) in [4.78, 5) is 24.1. The number of carbonyl (C=O) groups is 2. The molecule has 1 atom stereocenters. The fraction of sp³-hybridized carbons (Fsp3) is 0.765. The van der Waals surface area contributed by atoms with Crippen LogP contribution >= 0.6 is 0 Å². The predicted molar refractivity (Wildman–Crippen MR) is 97.0 cm³/mol. The first-order valence-electron chi connectivity index (χ1n) is 9.04. The SMILES string of the molecule is C=C(C)C(=O)OC(OCCCCC(F)(F)C(F)(F)S(=O)(=O)[O-])(C(=O)NC(C)(C)C)C(F)(F)F. The molecule has 1 amide bonds. The minimum Gasteiger partial charge on any atom is -0.743 e. The fourth-order valence-corrected chi connectivity index (χ4v) is 2.51. The Morgan fingerprint density at radius 1 is 1.00 bits per heavy atom. The third kappa shape index (κ3) is 7.81. The van der Waals surface area contributed by atoms with Gasteiger partial charge < -0.3 is 19.3 Å². The molecule has 33 heavy (non-hydrogen) atoms. The second-order valence-electron chi connectivity index (χ2n) is 7.97. The standard InChI is InChI=1S/C17H24F7NO7S/c1-10(2)11(26)32-15(16(20,21)22,12(27)25-13(3,4)5)31-9-7-6-8-14(18,19)17(23,24)33(28,29)30/h1,6-9H2,2-5H3,(H,25,27)(H,28,29,30)/p-1. The average molecular weight is 518 g/mol. The summed E-state index contributed by atoms with van der Waals surface area (Å²) in [5, 5.41) is -4.06. The van der Waals surface area contributed by atoms with Gasteiger partial charge in [0, 0.05) is 17.5 Å². The highest BCUT2D eigenvalue weighted by atomic mass is 32.2. The van der Waals surface area contributed by atoms with Gasteiger partial charge in [-0.05, 0) is 40.5 Å². The molecule has 0 radical (unpaired) electrons. The van der Waals surface area contributed by atoms with Gasteiger partial charge in [0.15, 0.2) is 10.1 Å². The minimum absolute atomic E-state index is 0.545. The van der Waals surface area contributed by atoms with Crippen molar-refractivity contribution >= 4 is 22.0 Å². The molecular weight excluding hydrogens is 495 g/mol. The molecule has 0 rings (SSSR count). The van der Waals surface area contributed by atoms with Gasteiger partial charge in [0.1, 0.15) is 0 Å². The van der Waals surface area contributed by atoms with Crippen LogP contribution in [0.15, 0.2) is 12.2 Å². The van der Waals surface area contributed by atoms with Crippen LogP contribution in [0.5, 0.6) is 0 Å². The molecule has 0 saturated heterocycles. The van der Waals surface area contributed by atoms with Gasteiger partial charge in [-0.2, -0.15) is 30.7 Å². The van der Waals surface area contributed by atoms with Crippen molar-refractivity contribution in [3.63, 3.8) is 0 Å². The van der Waals surface area contributed by atoms with E-state index in [0.717, 1.165) is 6.92 Å². The van der Waals surface area contributed by atoms with E-state index in [4.69, 9.17) is 0 Å². The second-order valence-corrected chi connectivity index (χ2v) is 9.39. The monoisotopic (exact) mass is 518 g/mol. The quantitative estimate of drug-likeness (QED) is 0.111. The predicted octanol–water partition coefficient (Wildman–Crippen LogP) is 3.24. The van der Waals surface area contributed by atoms with E-state index in [1.54, 1.807) is 0 Å². The second kappa shape index (κ2) is 10.1. The molecule has 194 valence electrons. The Morgan fingerprint density at radius 3 is 1.85 bits per heavy atom. The zero-order chi connectivity index (χ0) is 26.7. The van der Waals surface area contributed by atoms with Crippen LogP contribution in [0, 0.1) is 0 Å². The minimum atomic E-state index is -6.73. The lowest BCUT2D eigenvalue weighted by molar-refractivity contribution is -0.347. The van der Waals surface area contributed by atoms with Crippen LogP contribution in [0.3, 0.4) is 0 Å². The highest BCUT2D eigenvalue weighted by molar-refractivity contribution is 7.86. The van der Waals surface area contributed by atoms with Crippen molar-refractivity contribution in [2.45, 2.75) is 75.6 Å². The summed E-state index contributed by atoms with van der Waals surface area (Å²) in [6.45, 7) is 6.70. The summed E-state index contributed by atoms with van der Waals surface area (Å²) in [6.07, 6.45) is -9.50. The molecule has 0 aromatic carbocycles. The molecule has 16 heteroatoms. The number of alkyl halides is 7. The zero-order valence-electron chi connectivity index (χ0n) is 17.9. The Bertz CT molecular complexity index is 851. The summed E-state index contributed by atoms with van der Waals surface area (Å²) in [7, 11) is -6.73. The molecule has 0 spiro atoms. The number of rotatable bonds is 11. The Kier molecular flexibility index (Phi) is 9.53. The first-order valence-corrected chi connectivity index (χ1v) is 10.5. The maximum Gasteiger partial charge on any atom is 0.466 e. The molecular formula is C17H23F7NO7S-. The molecule has 0 saturated carbocycles. The zero-order valence-corrected chi connectivity index (χ0v) is 18.8. The molecule has 1 N–H and O–H groups in total. The number of ether oxygens (including phenoxy) is 2. The smallest absolute Gasteiger partial charge is 0.466 e. The molecule has 0 aromatic heterocycles. The number of unbranched alkanes of at least 4 members (excludes halogenated alkanes) is 1. The van der Waals surface area contributed by atoms with E-state index >= 15 is 0 Å². The lowest BCUT2D eigenvalue weighted by Crippen LogP contribution is -2.64. The van der Waals surface area contributed by atoms with E-state index in [1.807, 2.05) is 5.32 Å². The number of nitrogens with one attached hydrogen (secondary N) is 1. The van der Waals surface area contributed by atoms with E-state index in [1.165, 1.54) is 20.8 Å². The summed E-state index contributed by atoms with van der Waals surface area (Å²) in [6, 6.07) is 0. The van der Waals surface area contributed by atoms with Gasteiger partial charge in [-0.25, -0.2) is 13.2 Å². The Balaban J connectivity index is 5.66. The van der Waals surface area contributed by atoms with Gasteiger partial charge in [-0.1, -0.05) is 6.58 Å². The lowest BCUT2D eigenvalue weighted by Gasteiger charge is -2.35. The van der Waals surface area contributed by atoms with Crippen molar-refractivity contribution in [2.24, 2.45) is 0 Å². The molecule has 0 heterocycles.